The summed E-state index contributed by atoms with van der Waals surface area (Å²) in [5, 5.41) is 13.7. The van der Waals surface area contributed by atoms with Crippen molar-refractivity contribution < 1.29 is 19.0 Å². The van der Waals surface area contributed by atoms with Crippen LogP contribution in [0.1, 0.15) is 29.2 Å². The molecule has 2 aromatic rings. The van der Waals surface area contributed by atoms with Crippen LogP contribution < -0.4 is 0 Å². The summed E-state index contributed by atoms with van der Waals surface area (Å²) >= 11 is 0. The SMILES string of the molecule is [N-]=[N+]=N[C@H]1CO[C@@H](C(=O)N2CCc3ccccc3[C@@H]2c2ccc(F)cc2)C[C@@H]1O. The number of hydrogen-bond donors (Lipinski definition) is 1. The minimum atomic E-state index is -0.935. The number of aliphatic hydroxyl groups excluding tert-OH is 1. The molecule has 8 heteroatoms. The Morgan fingerprint density at radius 1 is 1.24 bits per heavy atom. The van der Waals surface area contributed by atoms with Gasteiger partial charge in [-0.05, 0) is 40.8 Å². The van der Waals surface area contributed by atoms with Crippen molar-refractivity contribution in [2.45, 2.75) is 37.1 Å². The Balaban J connectivity index is 1.64. The molecule has 4 rings (SSSR count). The van der Waals surface area contributed by atoms with E-state index in [0.717, 1.165) is 16.7 Å². The van der Waals surface area contributed by atoms with E-state index in [4.69, 9.17) is 10.3 Å². The average molecular weight is 396 g/mol. The van der Waals surface area contributed by atoms with Gasteiger partial charge in [-0.25, -0.2) is 4.39 Å². The van der Waals surface area contributed by atoms with Crippen molar-refractivity contribution in [1.82, 2.24) is 4.90 Å². The maximum atomic E-state index is 13.5. The predicted molar refractivity (Wildman–Crippen MR) is 103 cm³/mol. The molecular formula is C21H21FN4O3. The molecule has 0 spiro atoms. The van der Waals surface area contributed by atoms with E-state index in [1.165, 1.54) is 12.1 Å². The molecule has 7 nitrogen and oxygen atoms in total. The van der Waals surface area contributed by atoms with Gasteiger partial charge in [-0.15, -0.1) is 0 Å². The average Bonchev–Trinajstić information content (AvgIpc) is 2.74. The summed E-state index contributed by atoms with van der Waals surface area (Å²) in [5.41, 5.74) is 11.5. The lowest BCUT2D eigenvalue weighted by Gasteiger charge is -2.41. The van der Waals surface area contributed by atoms with Gasteiger partial charge in [0.2, 0.25) is 0 Å². The van der Waals surface area contributed by atoms with Crippen molar-refractivity contribution in [3.8, 4) is 0 Å². The molecule has 150 valence electrons. The fourth-order valence-corrected chi connectivity index (χ4v) is 4.11. The number of benzene rings is 2. The van der Waals surface area contributed by atoms with Gasteiger partial charge in [0.25, 0.3) is 5.91 Å². The van der Waals surface area contributed by atoms with Crippen LogP contribution in [0.3, 0.4) is 0 Å². The summed E-state index contributed by atoms with van der Waals surface area (Å²) in [5.74, 6) is -0.564. The lowest BCUT2D eigenvalue weighted by molar-refractivity contribution is -0.154. The molecule has 2 aliphatic rings. The van der Waals surface area contributed by atoms with Gasteiger partial charge in [0.15, 0.2) is 0 Å². The van der Waals surface area contributed by atoms with Gasteiger partial charge in [-0.1, -0.05) is 41.5 Å². The van der Waals surface area contributed by atoms with Crippen molar-refractivity contribution in [3.63, 3.8) is 0 Å². The van der Waals surface area contributed by atoms with E-state index in [9.17, 15) is 14.3 Å². The molecule has 1 saturated heterocycles. The number of amides is 1. The lowest BCUT2D eigenvalue weighted by atomic mass is 9.87. The second-order valence-electron chi connectivity index (χ2n) is 7.33. The van der Waals surface area contributed by atoms with Gasteiger partial charge in [0.05, 0.1) is 24.8 Å². The molecule has 1 fully saturated rings. The van der Waals surface area contributed by atoms with E-state index in [2.05, 4.69) is 10.0 Å². The van der Waals surface area contributed by atoms with E-state index in [-0.39, 0.29) is 30.8 Å². The number of azide groups is 1. The van der Waals surface area contributed by atoms with Crippen molar-refractivity contribution in [3.05, 3.63) is 81.5 Å². The zero-order chi connectivity index (χ0) is 20.4. The fourth-order valence-electron chi connectivity index (χ4n) is 4.11. The third-order valence-electron chi connectivity index (χ3n) is 5.60. The van der Waals surface area contributed by atoms with Crippen LogP contribution in [0.4, 0.5) is 4.39 Å². The molecule has 0 saturated carbocycles. The Morgan fingerprint density at radius 2 is 2.00 bits per heavy atom. The lowest BCUT2D eigenvalue weighted by Crippen LogP contribution is -2.51. The summed E-state index contributed by atoms with van der Waals surface area (Å²) in [7, 11) is 0. The predicted octanol–water partition coefficient (Wildman–Crippen LogP) is 3.13. The highest BCUT2D eigenvalue weighted by molar-refractivity contribution is 5.82. The van der Waals surface area contributed by atoms with Gasteiger partial charge >= 0.3 is 0 Å². The number of nitrogens with zero attached hydrogens (tertiary/aromatic N) is 4. The molecule has 0 radical (unpaired) electrons. The van der Waals surface area contributed by atoms with Crippen LogP contribution in [-0.2, 0) is 16.0 Å². The minimum absolute atomic E-state index is 0.00667. The molecule has 2 aliphatic heterocycles. The first-order valence-corrected chi connectivity index (χ1v) is 9.56. The molecule has 0 bridgehead atoms. The molecule has 0 unspecified atom stereocenters. The van der Waals surface area contributed by atoms with Gasteiger partial charge in [-0.2, -0.15) is 0 Å². The number of carbonyl (C=O) groups excluding carboxylic acids is 1. The molecule has 2 aromatic carbocycles. The Kier molecular flexibility index (Phi) is 5.49. The molecule has 1 amide bonds. The Morgan fingerprint density at radius 3 is 2.72 bits per heavy atom. The molecule has 4 atom stereocenters. The zero-order valence-electron chi connectivity index (χ0n) is 15.7. The van der Waals surface area contributed by atoms with Gasteiger partial charge < -0.3 is 14.7 Å². The molecule has 29 heavy (non-hydrogen) atoms. The van der Waals surface area contributed by atoms with Crippen LogP contribution in [-0.4, -0.2) is 47.3 Å². The second kappa shape index (κ2) is 8.21. The summed E-state index contributed by atoms with van der Waals surface area (Å²) in [6.07, 6.45) is -0.981. The highest BCUT2D eigenvalue weighted by Gasteiger charge is 2.39. The van der Waals surface area contributed by atoms with Crippen molar-refractivity contribution in [2.75, 3.05) is 13.2 Å². The van der Waals surface area contributed by atoms with Crippen LogP contribution in [0.2, 0.25) is 0 Å². The summed E-state index contributed by atoms with van der Waals surface area (Å²) in [6.45, 7) is 0.487. The van der Waals surface area contributed by atoms with Crippen LogP contribution in [0.5, 0.6) is 0 Å². The number of aliphatic hydroxyl groups is 1. The first-order chi connectivity index (χ1) is 14.1. The highest BCUT2D eigenvalue weighted by Crippen LogP contribution is 2.36. The Hall–Kier alpha value is -2.93. The largest absolute Gasteiger partial charge is 0.392 e. The third-order valence-corrected chi connectivity index (χ3v) is 5.60. The number of hydrogen-bond acceptors (Lipinski definition) is 4. The normalized spacial score (nSPS) is 26.3. The smallest absolute Gasteiger partial charge is 0.252 e. The van der Waals surface area contributed by atoms with Crippen LogP contribution in [0.15, 0.2) is 53.6 Å². The van der Waals surface area contributed by atoms with Crippen molar-refractivity contribution in [1.29, 1.82) is 0 Å². The first-order valence-electron chi connectivity index (χ1n) is 9.56. The van der Waals surface area contributed by atoms with E-state index >= 15 is 0 Å². The second-order valence-corrected chi connectivity index (χ2v) is 7.33. The minimum Gasteiger partial charge on any atom is -0.392 e. The van der Waals surface area contributed by atoms with Gasteiger partial charge in [0.1, 0.15) is 11.9 Å². The van der Waals surface area contributed by atoms with Crippen LogP contribution in [0.25, 0.3) is 10.4 Å². The Labute approximate surface area is 167 Å². The monoisotopic (exact) mass is 396 g/mol. The number of halogens is 1. The third kappa shape index (κ3) is 3.82. The van der Waals surface area contributed by atoms with E-state index < -0.39 is 18.2 Å². The van der Waals surface area contributed by atoms with Gasteiger partial charge in [0, 0.05) is 17.9 Å². The molecule has 2 heterocycles. The summed E-state index contributed by atoms with van der Waals surface area (Å²) in [6, 6.07) is 13.0. The highest BCUT2D eigenvalue weighted by atomic mass is 19.1. The zero-order valence-corrected chi connectivity index (χ0v) is 15.7. The molecular weight excluding hydrogens is 375 g/mol. The maximum absolute atomic E-state index is 13.5. The Bertz CT molecular complexity index is 945. The van der Waals surface area contributed by atoms with E-state index in [1.54, 1.807) is 17.0 Å². The van der Waals surface area contributed by atoms with Crippen LogP contribution in [0, 0.1) is 5.82 Å². The van der Waals surface area contributed by atoms with E-state index in [1.807, 2.05) is 24.3 Å². The molecule has 1 N–H and O–H groups in total. The van der Waals surface area contributed by atoms with Gasteiger partial charge in [-0.3, -0.25) is 4.79 Å². The molecule has 0 aliphatic carbocycles. The fraction of sp³-hybridized carbons (Fsp3) is 0.381. The summed E-state index contributed by atoms with van der Waals surface area (Å²) < 4.78 is 19.1. The number of carbonyl (C=O) groups is 1. The number of fused-ring (bicyclic) bond motifs is 1. The first kappa shape index (κ1) is 19.4. The standard InChI is InChI=1S/C21H21FN4O3/c22-15-7-5-14(6-8-15)20-16-4-2-1-3-13(16)9-10-26(20)21(28)19-11-18(27)17(12-29-19)24-25-23/h1-8,17-20,27H,9-12H2/t17-,18-,19+,20-/m0/s1. The number of ether oxygens (including phenoxy) is 1. The van der Waals surface area contributed by atoms with E-state index in [0.29, 0.717) is 13.0 Å². The van der Waals surface area contributed by atoms with Crippen molar-refractivity contribution >= 4 is 5.91 Å². The number of rotatable bonds is 3. The quantitative estimate of drug-likeness (QED) is 0.490. The topological polar surface area (TPSA) is 98.5 Å². The molecule has 0 aromatic heterocycles. The maximum Gasteiger partial charge on any atom is 0.252 e. The summed E-state index contributed by atoms with van der Waals surface area (Å²) in [4.78, 5) is 17.8. The van der Waals surface area contributed by atoms with Crippen molar-refractivity contribution in [2.24, 2.45) is 5.11 Å². The van der Waals surface area contributed by atoms with Crippen LogP contribution >= 0.6 is 0 Å².